The molecule has 0 saturated carbocycles. The minimum Gasteiger partial charge on any atom is -0.488 e. The lowest BCUT2D eigenvalue weighted by Gasteiger charge is -2.13. The maximum Gasteiger partial charge on any atom is 0.213 e. The zero-order chi connectivity index (χ0) is 14.4. The number of hydrogen-bond acceptors (Lipinski definition) is 3. The molecule has 0 aliphatic carbocycles. The van der Waals surface area contributed by atoms with E-state index in [4.69, 9.17) is 21.1 Å². The molecule has 0 N–H and O–H groups in total. The van der Waals surface area contributed by atoms with E-state index in [1.165, 1.54) is 0 Å². The van der Waals surface area contributed by atoms with Crippen LogP contribution in [0.3, 0.4) is 0 Å². The Labute approximate surface area is 124 Å². The summed E-state index contributed by atoms with van der Waals surface area (Å²) in [5.74, 6) is 1.35. The second kappa shape index (κ2) is 7.15. The molecular weight excluding hydrogens is 274 g/mol. The van der Waals surface area contributed by atoms with Crippen LogP contribution in [-0.4, -0.2) is 18.2 Å². The van der Waals surface area contributed by atoms with Crippen LogP contribution in [0, 0.1) is 6.92 Å². The molecule has 3 nitrogen and oxygen atoms in total. The van der Waals surface area contributed by atoms with Crippen molar-refractivity contribution in [1.82, 2.24) is 4.98 Å². The normalized spacial score (nSPS) is 10.3. The summed E-state index contributed by atoms with van der Waals surface area (Å²) in [7, 11) is 0. The highest BCUT2D eigenvalue weighted by Crippen LogP contribution is 2.30. The third-order valence-electron chi connectivity index (χ3n) is 2.86. The Morgan fingerprint density at radius 2 is 1.95 bits per heavy atom. The topological polar surface area (TPSA) is 31.4 Å². The Hall–Kier alpha value is -1.74. The molecule has 0 saturated heterocycles. The number of halogens is 1. The van der Waals surface area contributed by atoms with Crippen molar-refractivity contribution in [3.05, 3.63) is 52.7 Å². The Morgan fingerprint density at radius 3 is 2.65 bits per heavy atom. The van der Waals surface area contributed by atoms with Gasteiger partial charge in [-0.1, -0.05) is 30.7 Å². The molecule has 1 heterocycles. The average Bonchev–Trinajstić information content (AvgIpc) is 2.45. The molecule has 2 aromatic rings. The fraction of sp³-hybridized carbons (Fsp3) is 0.312. The van der Waals surface area contributed by atoms with Crippen LogP contribution in [0.4, 0.5) is 0 Å². The summed E-state index contributed by atoms with van der Waals surface area (Å²) < 4.78 is 11.2. The third kappa shape index (κ3) is 3.87. The average molecular weight is 292 g/mol. The lowest BCUT2D eigenvalue weighted by molar-refractivity contribution is 0.211. The van der Waals surface area contributed by atoms with Gasteiger partial charge >= 0.3 is 0 Å². The van der Waals surface area contributed by atoms with Crippen molar-refractivity contribution in [2.75, 3.05) is 13.2 Å². The molecule has 20 heavy (non-hydrogen) atoms. The molecule has 1 aromatic heterocycles. The highest BCUT2D eigenvalue weighted by Gasteiger charge is 2.08. The zero-order valence-corrected chi connectivity index (χ0v) is 12.5. The number of benzene rings is 1. The van der Waals surface area contributed by atoms with Gasteiger partial charge in [-0.05, 0) is 36.6 Å². The van der Waals surface area contributed by atoms with Crippen LogP contribution in [0.1, 0.15) is 18.1 Å². The van der Waals surface area contributed by atoms with Crippen LogP contribution >= 0.6 is 11.6 Å². The Morgan fingerprint density at radius 1 is 1.15 bits per heavy atom. The lowest BCUT2D eigenvalue weighted by Crippen LogP contribution is -2.10. The Kier molecular flexibility index (Phi) is 5.24. The lowest BCUT2D eigenvalue weighted by atomic mass is 10.1. The van der Waals surface area contributed by atoms with E-state index in [1.54, 1.807) is 6.20 Å². The van der Waals surface area contributed by atoms with Gasteiger partial charge in [0.1, 0.15) is 19.0 Å². The second-order valence-electron chi connectivity index (χ2n) is 4.45. The maximum atomic E-state index is 6.23. The third-order valence-corrected chi connectivity index (χ3v) is 3.14. The molecule has 4 heteroatoms. The van der Waals surface area contributed by atoms with E-state index in [-0.39, 0.29) is 0 Å². The molecule has 0 bridgehead atoms. The molecule has 0 amide bonds. The zero-order valence-electron chi connectivity index (χ0n) is 11.7. The standard InChI is InChI=1S/C16H18ClNO2/c1-3-13-10-12(2)11-14(17)16(13)20-9-8-19-15-6-4-5-7-18-15/h4-7,10-11H,3,8-9H2,1-2H3. The summed E-state index contributed by atoms with van der Waals surface area (Å²) in [5, 5.41) is 0.652. The molecule has 1 aromatic carbocycles. The number of aromatic nitrogens is 1. The number of hydrogen-bond donors (Lipinski definition) is 0. The predicted molar refractivity (Wildman–Crippen MR) is 80.8 cm³/mol. The summed E-state index contributed by atoms with van der Waals surface area (Å²) in [6.45, 7) is 4.98. The van der Waals surface area contributed by atoms with Crippen molar-refractivity contribution >= 4 is 11.6 Å². The van der Waals surface area contributed by atoms with Crippen LogP contribution in [0.5, 0.6) is 11.6 Å². The van der Waals surface area contributed by atoms with Gasteiger partial charge in [0.2, 0.25) is 5.88 Å². The van der Waals surface area contributed by atoms with Gasteiger partial charge in [-0.15, -0.1) is 0 Å². The van der Waals surface area contributed by atoms with Crippen molar-refractivity contribution < 1.29 is 9.47 Å². The number of aryl methyl sites for hydroxylation is 2. The van der Waals surface area contributed by atoms with Crippen molar-refractivity contribution in [3.63, 3.8) is 0 Å². The summed E-state index contributed by atoms with van der Waals surface area (Å²) >= 11 is 6.23. The fourth-order valence-corrected chi connectivity index (χ4v) is 2.30. The number of pyridine rings is 1. The molecule has 0 aliphatic rings. The molecule has 2 rings (SSSR count). The number of rotatable bonds is 6. The largest absolute Gasteiger partial charge is 0.488 e. The highest BCUT2D eigenvalue weighted by molar-refractivity contribution is 6.32. The molecule has 0 fully saturated rings. The van der Waals surface area contributed by atoms with Crippen LogP contribution in [0.15, 0.2) is 36.5 Å². The van der Waals surface area contributed by atoms with Gasteiger partial charge in [0, 0.05) is 12.3 Å². The molecule has 106 valence electrons. The summed E-state index contributed by atoms with van der Waals surface area (Å²) in [6.07, 6.45) is 2.58. The van der Waals surface area contributed by atoms with E-state index >= 15 is 0 Å². The van der Waals surface area contributed by atoms with Gasteiger partial charge in [-0.2, -0.15) is 0 Å². The van der Waals surface area contributed by atoms with Crippen LogP contribution < -0.4 is 9.47 Å². The smallest absolute Gasteiger partial charge is 0.213 e. The maximum absolute atomic E-state index is 6.23. The first-order valence-corrected chi connectivity index (χ1v) is 7.04. The van der Waals surface area contributed by atoms with E-state index in [0.29, 0.717) is 24.1 Å². The van der Waals surface area contributed by atoms with E-state index in [1.807, 2.05) is 31.2 Å². The Bertz CT molecular complexity index is 558. The molecular formula is C16H18ClNO2. The molecule has 0 radical (unpaired) electrons. The fourth-order valence-electron chi connectivity index (χ4n) is 1.95. The second-order valence-corrected chi connectivity index (χ2v) is 4.86. The minimum absolute atomic E-state index is 0.435. The van der Waals surface area contributed by atoms with E-state index < -0.39 is 0 Å². The molecule has 0 unspecified atom stereocenters. The van der Waals surface area contributed by atoms with Crippen molar-refractivity contribution in [2.45, 2.75) is 20.3 Å². The van der Waals surface area contributed by atoms with Gasteiger partial charge in [0.25, 0.3) is 0 Å². The quantitative estimate of drug-likeness (QED) is 0.752. The first-order chi connectivity index (χ1) is 9.70. The summed E-state index contributed by atoms with van der Waals surface area (Å²) in [6, 6.07) is 9.56. The molecule has 0 atom stereocenters. The highest BCUT2D eigenvalue weighted by atomic mass is 35.5. The minimum atomic E-state index is 0.435. The van der Waals surface area contributed by atoms with Crippen molar-refractivity contribution in [1.29, 1.82) is 0 Å². The van der Waals surface area contributed by atoms with E-state index in [2.05, 4.69) is 18.0 Å². The Balaban J connectivity index is 1.91. The van der Waals surface area contributed by atoms with Crippen LogP contribution in [0.2, 0.25) is 5.02 Å². The van der Waals surface area contributed by atoms with E-state index in [0.717, 1.165) is 23.3 Å². The molecule has 0 spiro atoms. The van der Waals surface area contributed by atoms with E-state index in [9.17, 15) is 0 Å². The number of ether oxygens (including phenoxy) is 2. The van der Waals surface area contributed by atoms with Crippen LogP contribution in [0.25, 0.3) is 0 Å². The predicted octanol–water partition coefficient (Wildman–Crippen LogP) is 4.06. The summed E-state index contributed by atoms with van der Waals surface area (Å²) in [5.41, 5.74) is 2.26. The van der Waals surface area contributed by atoms with Crippen LogP contribution in [-0.2, 0) is 6.42 Å². The van der Waals surface area contributed by atoms with Crippen molar-refractivity contribution in [2.24, 2.45) is 0 Å². The van der Waals surface area contributed by atoms with Crippen molar-refractivity contribution in [3.8, 4) is 11.6 Å². The van der Waals surface area contributed by atoms with Gasteiger partial charge in [0.05, 0.1) is 5.02 Å². The van der Waals surface area contributed by atoms with Gasteiger partial charge in [-0.3, -0.25) is 0 Å². The van der Waals surface area contributed by atoms with Gasteiger partial charge in [-0.25, -0.2) is 4.98 Å². The monoisotopic (exact) mass is 291 g/mol. The first kappa shape index (κ1) is 14.7. The number of nitrogens with zero attached hydrogens (tertiary/aromatic N) is 1. The van der Waals surface area contributed by atoms with Gasteiger partial charge in [0.15, 0.2) is 0 Å². The first-order valence-electron chi connectivity index (χ1n) is 6.66. The molecule has 0 aliphatic heterocycles. The van der Waals surface area contributed by atoms with Gasteiger partial charge < -0.3 is 9.47 Å². The SMILES string of the molecule is CCc1cc(C)cc(Cl)c1OCCOc1ccccn1. The summed E-state index contributed by atoms with van der Waals surface area (Å²) in [4.78, 5) is 4.08.